The van der Waals surface area contributed by atoms with Gasteiger partial charge in [-0.1, -0.05) is 28.8 Å². The Hall–Kier alpha value is 0.630. The predicted molar refractivity (Wildman–Crippen MR) is 49.2 cm³/mol. The van der Waals surface area contributed by atoms with Crippen LogP contribution in [0.3, 0.4) is 0 Å². The van der Waals surface area contributed by atoms with Gasteiger partial charge in [0.15, 0.2) is 0 Å². The summed E-state index contributed by atoms with van der Waals surface area (Å²) in [6.45, 7) is 0. The maximum atomic E-state index is 10.3. The predicted octanol–water partition coefficient (Wildman–Crippen LogP) is 2.12. The fraction of sp³-hybridized carbons (Fsp3) is 1.00. The lowest BCUT2D eigenvalue weighted by Gasteiger charge is -2.01. The van der Waals surface area contributed by atoms with E-state index in [0.717, 1.165) is 24.6 Å². The van der Waals surface area contributed by atoms with Crippen molar-refractivity contribution in [3.05, 3.63) is 0 Å². The molecule has 11 heavy (non-hydrogen) atoms. The van der Waals surface area contributed by atoms with Crippen LogP contribution in [-0.4, -0.2) is 21.3 Å². The molecule has 0 bridgehead atoms. The summed E-state index contributed by atoms with van der Waals surface area (Å²) in [4.78, 5) is 17.0. The molecule has 0 aromatic carbocycles. The zero-order valence-electron chi connectivity index (χ0n) is 6.37. The average molecular weight is 245 g/mol. The third-order valence-corrected chi connectivity index (χ3v) is 2.79. The molecule has 0 heterocycles. The fourth-order valence-electron chi connectivity index (χ4n) is 0.766. The molecule has 0 spiro atoms. The van der Waals surface area contributed by atoms with Crippen molar-refractivity contribution in [3.8, 4) is 0 Å². The first kappa shape index (κ1) is 11.6. The molecule has 0 unspecified atom stereocenters. The molecule has 0 aromatic rings. The SMILES string of the molecule is O=P(O)(O)CCCCCCBr. The van der Waals surface area contributed by atoms with Gasteiger partial charge in [0.05, 0.1) is 0 Å². The summed E-state index contributed by atoms with van der Waals surface area (Å²) in [7, 11) is -3.73. The molecule has 0 aliphatic rings. The quantitative estimate of drug-likeness (QED) is 0.428. The lowest BCUT2D eigenvalue weighted by molar-refractivity contribution is 0.371. The maximum absolute atomic E-state index is 10.3. The number of unbranched alkanes of at least 4 members (excludes halogenated alkanes) is 3. The van der Waals surface area contributed by atoms with Crippen molar-refractivity contribution in [3.63, 3.8) is 0 Å². The van der Waals surface area contributed by atoms with Crippen molar-refractivity contribution in [1.82, 2.24) is 0 Å². The van der Waals surface area contributed by atoms with E-state index in [2.05, 4.69) is 15.9 Å². The molecule has 0 fully saturated rings. The maximum Gasteiger partial charge on any atom is 0.325 e. The summed E-state index contributed by atoms with van der Waals surface area (Å²) < 4.78 is 10.3. The van der Waals surface area contributed by atoms with E-state index in [1.165, 1.54) is 0 Å². The zero-order valence-corrected chi connectivity index (χ0v) is 8.85. The minimum atomic E-state index is -3.73. The molecular weight excluding hydrogens is 231 g/mol. The van der Waals surface area contributed by atoms with E-state index in [4.69, 9.17) is 9.79 Å². The van der Waals surface area contributed by atoms with E-state index >= 15 is 0 Å². The summed E-state index contributed by atoms with van der Waals surface area (Å²) in [5.41, 5.74) is 0. The van der Waals surface area contributed by atoms with Gasteiger partial charge in [0.25, 0.3) is 0 Å². The zero-order chi connectivity index (χ0) is 8.74. The Kier molecular flexibility index (Phi) is 6.53. The van der Waals surface area contributed by atoms with Crippen LogP contribution in [0.5, 0.6) is 0 Å². The third kappa shape index (κ3) is 10.6. The van der Waals surface area contributed by atoms with E-state index in [1.54, 1.807) is 0 Å². The van der Waals surface area contributed by atoms with Crippen LogP contribution in [0.1, 0.15) is 25.7 Å². The summed E-state index contributed by atoms with van der Waals surface area (Å²) >= 11 is 3.29. The van der Waals surface area contributed by atoms with Crippen molar-refractivity contribution in [2.45, 2.75) is 25.7 Å². The first-order valence-electron chi connectivity index (χ1n) is 3.67. The minimum Gasteiger partial charge on any atom is -0.324 e. The molecule has 0 rings (SSSR count). The van der Waals surface area contributed by atoms with Crippen LogP contribution in [0.25, 0.3) is 0 Å². The highest BCUT2D eigenvalue weighted by molar-refractivity contribution is 9.09. The smallest absolute Gasteiger partial charge is 0.324 e. The Morgan fingerprint density at radius 2 is 1.64 bits per heavy atom. The van der Waals surface area contributed by atoms with Crippen molar-refractivity contribution in [1.29, 1.82) is 0 Å². The van der Waals surface area contributed by atoms with E-state index in [0.29, 0.717) is 6.42 Å². The fourth-order valence-corrected chi connectivity index (χ4v) is 1.80. The molecule has 0 aliphatic heterocycles. The summed E-state index contributed by atoms with van der Waals surface area (Å²) in [6, 6.07) is 0. The number of hydrogen-bond acceptors (Lipinski definition) is 1. The Labute approximate surface area is 75.5 Å². The Balaban J connectivity index is 3.09. The number of halogens is 1. The molecule has 0 saturated heterocycles. The van der Waals surface area contributed by atoms with Crippen molar-refractivity contribution in [2.75, 3.05) is 11.5 Å². The number of rotatable bonds is 6. The number of alkyl halides is 1. The highest BCUT2D eigenvalue weighted by atomic mass is 79.9. The van der Waals surface area contributed by atoms with Crippen LogP contribution in [0.2, 0.25) is 0 Å². The van der Waals surface area contributed by atoms with Gasteiger partial charge in [0, 0.05) is 11.5 Å². The van der Waals surface area contributed by atoms with Gasteiger partial charge < -0.3 is 9.79 Å². The van der Waals surface area contributed by atoms with Gasteiger partial charge in [-0.15, -0.1) is 0 Å². The van der Waals surface area contributed by atoms with Crippen LogP contribution in [0, 0.1) is 0 Å². The van der Waals surface area contributed by atoms with Gasteiger partial charge in [-0.05, 0) is 12.8 Å². The summed E-state index contributed by atoms with van der Waals surface area (Å²) in [5, 5.41) is 0.975. The van der Waals surface area contributed by atoms with E-state index in [-0.39, 0.29) is 6.16 Å². The summed E-state index contributed by atoms with van der Waals surface area (Å²) in [5.74, 6) is 0. The third-order valence-electron chi connectivity index (χ3n) is 1.33. The first-order valence-corrected chi connectivity index (χ1v) is 6.59. The molecule has 68 valence electrons. The average Bonchev–Trinajstić information content (AvgIpc) is 1.85. The molecule has 2 N–H and O–H groups in total. The topological polar surface area (TPSA) is 57.5 Å². The van der Waals surface area contributed by atoms with E-state index < -0.39 is 7.60 Å². The van der Waals surface area contributed by atoms with Crippen LogP contribution >= 0.6 is 23.5 Å². The second-order valence-electron chi connectivity index (χ2n) is 2.49. The molecule has 0 atom stereocenters. The lowest BCUT2D eigenvalue weighted by Crippen LogP contribution is -1.88. The van der Waals surface area contributed by atoms with Gasteiger partial charge in [0.1, 0.15) is 0 Å². The van der Waals surface area contributed by atoms with Crippen molar-refractivity contribution in [2.24, 2.45) is 0 Å². The van der Waals surface area contributed by atoms with Crippen LogP contribution < -0.4 is 0 Å². The van der Waals surface area contributed by atoms with E-state index in [1.807, 2.05) is 0 Å². The van der Waals surface area contributed by atoms with Gasteiger partial charge in [0.2, 0.25) is 0 Å². The lowest BCUT2D eigenvalue weighted by atomic mass is 10.2. The second kappa shape index (κ2) is 6.18. The highest BCUT2D eigenvalue weighted by Crippen LogP contribution is 2.35. The van der Waals surface area contributed by atoms with Gasteiger partial charge in [-0.3, -0.25) is 4.57 Å². The molecule has 0 aliphatic carbocycles. The van der Waals surface area contributed by atoms with Gasteiger partial charge in [-0.2, -0.15) is 0 Å². The second-order valence-corrected chi connectivity index (χ2v) is 5.06. The van der Waals surface area contributed by atoms with Crippen LogP contribution in [0.15, 0.2) is 0 Å². The molecule has 0 radical (unpaired) electrons. The molecule has 5 heteroatoms. The number of hydrogen-bond donors (Lipinski definition) is 2. The summed E-state index contributed by atoms with van der Waals surface area (Å²) in [6.07, 6.45) is 3.72. The van der Waals surface area contributed by atoms with E-state index in [9.17, 15) is 4.57 Å². The molecular formula is C6H14BrO3P. The normalized spacial score (nSPS) is 11.9. The minimum absolute atomic E-state index is 0.0370. The van der Waals surface area contributed by atoms with Crippen molar-refractivity contribution < 1.29 is 14.4 Å². The highest BCUT2D eigenvalue weighted by Gasteiger charge is 2.10. The largest absolute Gasteiger partial charge is 0.325 e. The van der Waals surface area contributed by atoms with Crippen molar-refractivity contribution >= 4 is 23.5 Å². The first-order chi connectivity index (χ1) is 5.06. The standard InChI is InChI=1S/C6H14BrO3P/c7-5-3-1-2-4-6-11(8,9)10/h1-6H2,(H2,8,9,10). The Morgan fingerprint density at radius 3 is 2.09 bits per heavy atom. The van der Waals surface area contributed by atoms with Crippen LogP contribution in [0.4, 0.5) is 0 Å². The Morgan fingerprint density at radius 1 is 1.09 bits per heavy atom. The molecule has 3 nitrogen and oxygen atoms in total. The Bertz CT molecular complexity index is 134. The molecule has 0 saturated carbocycles. The van der Waals surface area contributed by atoms with Gasteiger partial charge in [-0.25, -0.2) is 0 Å². The molecule has 0 amide bonds. The monoisotopic (exact) mass is 244 g/mol. The van der Waals surface area contributed by atoms with Gasteiger partial charge >= 0.3 is 7.60 Å². The molecule has 0 aromatic heterocycles. The van der Waals surface area contributed by atoms with Crippen LogP contribution in [-0.2, 0) is 4.57 Å².